The molecule has 0 radical (unpaired) electrons. The molecule has 2 fully saturated rings. The van der Waals surface area contributed by atoms with Crippen LogP contribution in [0.3, 0.4) is 0 Å². The summed E-state index contributed by atoms with van der Waals surface area (Å²) < 4.78 is 0. The molecule has 92 valence electrons. The van der Waals surface area contributed by atoms with E-state index in [4.69, 9.17) is 0 Å². The Kier molecular flexibility index (Phi) is 3.04. The van der Waals surface area contributed by atoms with Gasteiger partial charge in [-0.15, -0.1) is 0 Å². The fourth-order valence-corrected chi connectivity index (χ4v) is 3.41. The fourth-order valence-electron chi connectivity index (χ4n) is 3.41. The zero-order valence-corrected chi connectivity index (χ0v) is 11.3. The van der Waals surface area contributed by atoms with Crippen molar-refractivity contribution in [3.8, 4) is 0 Å². The molecule has 2 rings (SSSR count). The summed E-state index contributed by atoms with van der Waals surface area (Å²) in [6, 6.07) is 1.47. The third kappa shape index (κ3) is 2.42. The third-order valence-electron chi connectivity index (χ3n) is 3.70. The molecule has 0 spiro atoms. The average Bonchev–Trinajstić information content (AvgIpc) is 2.36. The van der Waals surface area contributed by atoms with Crippen LogP contribution in [0.2, 0.25) is 0 Å². The fraction of sp³-hybridized carbons (Fsp3) is 0.857. The van der Waals surface area contributed by atoms with Crippen molar-refractivity contribution in [2.24, 2.45) is 5.41 Å². The van der Waals surface area contributed by atoms with Gasteiger partial charge in [-0.25, -0.2) is 0 Å². The van der Waals surface area contributed by atoms with Gasteiger partial charge in [0.2, 0.25) is 0 Å². The first kappa shape index (κ1) is 12.0. The van der Waals surface area contributed by atoms with Gasteiger partial charge in [0.05, 0.1) is 0 Å². The summed E-state index contributed by atoms with van der Waals surface area (Å²) in [6.07, 6.45) is 2.72. The molecule has 2 saturated heterocycles. The molecule has 0 aliphatic carbocycles. The molecule has 0 aromatic heterocycles. The van der Waals surface area contributed by atoms with Crippen molar-refractivity contribution in [3.63, 3.8) is 0 Å². The van der Waals surface area contributed by atoms with E-state index in [1.54, 1.807) is 0 Å². The van der Waals surface area contributed by atoms with E-state index in [9.17, 15) is 0 Å². The van der Waals surface area contributed by atoms with Gasteiger partial charge in [0.25, 0.3) is 0 Å². The Hall–Kier alpha value is -0.500. The van der Waals surface area contributed by atoms with Crippen LogP contribution in [0, 0.1) is 5.41 Å². The lowest BCUT2D eigenvalue weighted by molar-refractivity contribution is 0.0708. The third-order valence-corrected chi connectivity index (χ3v) is 3.70. The smallest absolute Gasteiger partial charge is 0.0418 e. The molecule has 0 aromatic rings. The van der Waals surface area contributed by atoms with E-state index >= 15 is 0 Å². The molecule has 2 unspecified atom stereocenters. The van der Waals surface area contributed by atoms with Gasteiger partial charge in [-0.2, -0.15) is 0 Å². The predicted octanol–water partition coefficient (Wildman–Crippen LogP) is 2.71. The van der Waals surface area contributed by atoms with Gasteiger partial charge in [0.15, 0.2) is 0 Å². The van der Waals surface area contributed by atoms with Crippen LogP contribution in [0.5, 0.6) is 0 Å². The largest absolute Gasteiger partial charge is 0.367 e. The second kappa shape index (κ2) is 4.06. The Bertz CT molecular complexity index is 263. The molecule has 2 nitrogen and oxygen atoms in total. The van der Waals surface area contributed by atoms with Gasteiger partial charge in [-0.1, -0.05) is 27.4 Å². The first-order valence-corrected chi connectivity index (χ1v) is 6.53. The van der Waals surface area contributed by atoms with Crippen LogP contribution in [0.15, 0.2) is 12.3 Å². The molecule has 0 saturated carbocycles. The lowest BCUT2D eigenvalue weighted by Gasteiger charge is -2.44. The van der Waals surface area contributed by atoms with Crippen LogP contribution in [0.25, 0.3) is 0 Å². The van der Waals surface area contributed by atoms with E-state index in [1.807, 2.05) is 0 Å². The normalized spacial score (nSPS) is 30.9. The number of likely N-dealkylation sites (tertiary alicyclic amines) is 1. The van der Waals surface area contributed by atoms with Gasteiger partial charge < -0.3 is 4.90 Å². The number of allylic oxidation sites excluding steroid dienone is 1. The van der Waals surface area contributed by atoms with Crippen molar-refractivity contribution in [2.75, 3.05) is 19.6 Å². The second-order valence-corrected chi connectivity index (χ2v) is 6.78. The van der Waals surface area contributed by atoms with E-state index in [2.05, 4.69) is 44.1 Å². The number of nitrogens with zero attached hydrogens (tertiary/aromatic N) is 2. The first-order chi connectivity index (χ1) is 7.37. The van der Waals surface area contributed by atoms with Crippen LogP contribution in [-0.2, 0) is 0 Å². The Morgan fingerprint density at radius 3 is 2.06 bits per heavy atom. The molecule has 16 heavy (non-hydrogen) atoms. The maximum Gasteiger partial charge on any atom is 0.0418 e. The van der Waals surface area contributed by atoms with E-state index in [-0.39, 0.29) is 0 Å². The molecule has 0 aromatic carbocycles. The highest BCUT2D eigenvalue weighted by atomic mass is 15.3. The monoisotopic (exact) mass is 222 g/mol. The lowest BCUT2D eigenvalue weighted by Crippen LogP contribution is -2.54. The van der Waals surface area contributed by atoms with Crippen LogP contribution in [0.1, 0.15) is 40.5 Å². The number of piperazine rings is 1. The summed E-state index contributed by atoms with van der Waals surface area (Å²) in [4.78, 5) is 5.22. The lowest BCUT2D eigenvalue weighted by atomic mass is 9.95. The molecule has 0 N–H and O–H groups in total. The summed E-state index contributed by atoms with van der Waals surface area (Å²) >= 11 is 0. The van der Waals surface area contributed by atoms with E-state index in [0.29, 0.717) is 5.41 Å². The van der Waals surface area contributed by atoms with E-state index in [1.165, 1.54) is 38.2 Å². The minimum Gasteiger partial charge on any atom is -0.367 e. The quantitative estimate of drug-likeness (QED) is 0.709. The van der Waals surface area contributed by atoms with Crippen LogP contribution in [0.4, 0.5) is 0 Å². The Morgan fingerprint density at radius 2 is 1.69 bits per heavy atom. The zero-order chi connectivity index (χ0) is 11.9. The highest BCUT2D eigenvalue weighted by Gasteiger charge is 2.39. The second-order valence-electron chi connectivity index (χ2n) is 6.78. The minimum absolute atomic E-state index is 0.421. The molecule has 2 aliphatic rings. The zero-order valence-electron chi connectivity index (χ0n) is 11.3. The Labute approximate surface area is 100 Å². The molecular formula is C14H26N2. The first-order valence-electron chi connectivity index (χ1n) is 6.53. The van der Waals surface area contributed by atoms with Gasteiger partial charge in [0, 0.05) is 37.4 Å². The van der Waals surface area contributed by atoms with Crippen molar-refractivity contribution < 1.29 is 0 Å². The molecule has 2 aliphatic heterocycles. The van der Waals surface area contributed by atoms with Gasteiger partial charge >= 0.3 is 0 Å². The standard InChI is InChI=1S/C14H26N2/c1-11(2)16-12-6-7-13(16)9-15(8-12)10-14(3,4)5/h12-13H,1,6-10H2,2-5H3. The summed E-state index contributed by atoms with van der Waals surface area (Å²) in [5.41, 5.74) is 1.69. The average molecular weight is 222 g/mol. The molecular weight excluding hydrogens is 196 g/mol. The summed E-state index contributed by atoms with van der Waals surface area (Å²) in [7, 11) is 0. The van der Waals surface area contributed by atoms with Gasteiger partial charge in [0.1, 0.15) is 0 Å². The van der Waals surface area contributed by atoms with E-state index in [0.717, 1.165) is 12.1 Å². The summed E-state index contributed by atoms with van der Waals surface area (Å²) in [5.74, 6) is 0. The Balaban J connectivity index is 2.00. The SMILES string of the molecule is C=C(C)N1C2CCC1CN(CC(C)(C)C)C2. The number of hydrogen-bond acceptors (Lipinski definition) is 2. The predicted molar refractivity (Wildman–Crippen MR) is 69.4 cm³/mol. The molecule has 2 bridgehead atoms. The number of hydrogen-bond donors (Lipinski definition) is 0. The minimum atomic E-state index is 0.421. The molecule has 2 heterocycles. The summed E-state index contributed by atoms with van der Waals surface area (Å²) in [6.45, 7) is 17.0. The topological polar surface area (TPSA) is 6.48 Å². The Morgan fingerprint density at radius 1 is 1.19 bits per heavy atom. The number of rotatable bonds is 2. The van der Waals surface area contributed by atoms with Crippen molar-refractivity contribution in [1.82, 2.24) is 9.80 Å². The van der Waals surface area contributed by atoms with Crippen molar-refractivity contribution >= 4 is 0 Å². The van der Waals surface area contributed by atoms with Crippen molar-refractivity contribution in [3.05, 3.63) is 12.3 Å². The molecule has 2 heteroatoms. The van der Waals surface area contributed by atoms with Gasteiger partial charge in [-0.05, 0) is 25.2 Å². The maximum absolute atomic E-state index is 4.13. The highest BCUT2D eigenvalue weighted by molar-refractivity contribution is 5.06. The van der Waals surface area contributed by atoms with Crippen LogP contribution in [-0.4, -0.2) is 41.5 Å². The number of fused-ring (bicyclic) bond motifs is 2. The molecule has 0 amide bonds. The highest BCUT2D eigenvalue weighted by Crippen LogP contribution is 2.33. The van der Waals surface area contributed by atoms with Crippen LogP contribution < -0.4 is 0 Å². The molecule has 2 atom stereocenters. The van der Waals surface area contributed by atoms with E-state index < -0.39 is 0 Å². The van der Waals surface area contributed by atoms with Crippen LogP contribution >= 0.6 is 0 Å². The van der Waals surface area contributed by atoms with Crippen molar-refractivity contribution in [1.29, 1.82) is 0 Å². The van der Waals surface area contributed by atoms with Crippen molar-refractivity contribution in [2.45, 2.75) is 52.6 Å². The van der Waals surface area contributed by atoms with Gasteiger partial charge in [-0.3, -0.25) is 4.90 Å². The maximum atomic E-state index is 4.13. The summed E-state index contributed by atoms with van der Waals surface area (Å²) in [5, 5.41) is 0.